The largest absolute Gasteiger partial charge is 0.478 e. The number of fused-ring (bicyclic) bond motifs is 1. The Morgan fingerprint density at radius 2 is 2.32 bits per heavy atom. The number of hydrogen-bond donors (Lipinski definition) is 2. The number of benzene rings is 1. The number of imidazole rings is 1. The van der Waals surface area contributed by atoms with Gasteiger partial charge in [0.1, 0.15) is 0 Å². The van der Waals surface area contributed by atoms with Crippen molar-refractivity contribution in [2.45, 2.75) is 19.1 Å². The van der Waals surface area contributed by atoms with Crippen molar-refractivity contribution in [3.63, 3.8) is 0 Å². The first-order valence-corrected chi connectivity index (χ1v) is 5.97. The Bertz CT molecular complexity index is 579. The van der Waals surface area contributed by atoms with Gasteiger partial charge in [0.2, 0.25) is 0 Å². The number of nitrogens with zero attached hydrogens (tertiary/aromatic N) is 2. The number of aromatic carboxylic acids is 1. The molecule has 1 aromatic carbocycles. The zero-order valence-electron chi connectivity index (χ0n) is 10.6. The van der Waals surface area contributed by atoms with E-state index in [9.17, 15) is 9.90 Å². The van der Waals surface area contributed by atoms with E-state index in [0.29, 0.717) is 25.1 Å². The van der Waals surface area contributed by atoms with Crippen LogP contribution in [0.5, 0.6) is 0 Å². The van der Waals surface area contributed by atoms with Crippen molar-refractivity contribution < 1.29 is 19.7 Å². The Balaban J connectivity index is 2.14. The number of aromatic nitrogens is 2. The molecule has 0 saturated heterocycles. The van der Waals surface area contributed by atoms with E-state index >= 15 is 0 Å². The number of aliphatic hydroxyl groups excluding tert-OH is 1. The van der Waals surface area contributed by atoms with E-state index in [1.165, 1.54) is 0 Å². The van der Waals surface area contributed by atoms with Gasteiger partial charge >= 0.3 is 5.97 Å². The van der Waals surface area contributed by atoms with E-state index in [1.807, 2.05) is 4.57 Å². The van der Waals surface area contributed by atoms with E-state index in [1.54, 1.807) is 31.6 Å². The first kappa shape index (κ1) is 13.5. The summed E-state index contributed by atoms with van der Waals surface area (Å²) in [4.78, 5) is 15.0. The highest BCUT2D eigenvalue weighted by Gasteiger charge is 2.09. The molecule has 2 rings (SSSR count). The molecule has 1 aromatic heterocycles. The van der Waals surface area contributed by atoms with Gasteiger partial charge in [-0.3, -0.25) is 0 Å². The fraction of sp³-hybridized carbons (Fsp3) is 0.385. The van der Waals surface area contributed by atoms with Crippen molar-refractivity contribution in [3.05, 3.63) is 30.1 Å². The molecule has 2 aromatic rings. The Morgan fingerprint density at radius 1 is 1.53 bits per heavy atom. The van der Waals surface area contributed by atoms with E-state index in [0.717, 1.165) is 5.52 Å². The van der Waals surface area contributed by atoms with E-state index in [4.69, 9.17) is 9.84 Å². The minimum absolute atomic E-state index is 0.220. The van der Waals surface area contributed by atoms with Crippen molar-refractivity contribution in [1.82, 2.24) is 9.55 Å². The lowest BCUT2D eigenvalue weighted by molar-refractivity contribution is 0.0567. The topological polar surface area (TPSA) is 84.6 Å². The van der Waals surface area contributed by atoms with E-state index in [-0.39, 0.29) is 5.56 Å². The number of hydrogen-bond acceptors (Lipinski definition) is 4. The molecular formula is C13H16N2O4. The molecule has 1 heterocycles. The summed E-state index contributed by atoms with van der Waals surface area (Å²) in [6.07, 6.45) is 1.69. The van der Waals surface area contributed by atoms with Crippen LogP contribution in [0.4, 0.5) is 0 Å². The van der Waals surface area contributed by atoms with Crippen LogP contribution in [-0.2, 0) is 11.3 Å². The fourth-order valence-corrected chi connectivity index (χ4v) is 1.94. The molecular weight excluding hydrogens is 248 g/mol. The maximum absolute atomic E-state index is 10.9. The van der Waals surface area contributed by atoms with Gasteiger partial charge in [-0.15, -0.1) is 0 Å². The molecule has 6 nitrogen and oxygen atoms in total. The molecule has 0 aliphatic carbocycles. The summed E-state index contributed by atoms with van der Waals surface area (Å²) < 4.78 is 6.75. The molecule has 1 unspecified atom stereocenters. The standard InChI is InChI=1S/C13H16N2O4/c1-19-7-10(16)4-5-15-8-14-11-6-9(13(17)18)2-3-12(11)15/h2-3,6,8,10,16H,4-5,7H2,1H3,(H,17,18). The Labute approximate surface area is 110 Å². The second-order valence-electron chi connectivity index (χ2n) is 4.34. The molecule has 0 fully saturated rings. The fourth-order valence-electron chi connectivity index (χ4n) is 1.94. The second kappa shape index (κ2) is 5.81. The van der Waals surface area contributed by atoms with Crippen molar-refractivity contribution >= 4 is 17.0 Å². The Hall–Kier alpha value is -1.92. The zero-order chi connectivity index (χ0) is 13.8. The van der Waals surface area contributed by atoms with Crippen LogP contribution in [0.3, 0.4) is 0 Å². The minimum Gasteiger partial charge on any atom is -0.478 e. The third-order valence-electron chi connectivity index (χ3n) is 2.93. The van der Waals surface area contributed by atoms with Gasteiger partial charge in [-0.2, -0.15) is 0 Å². The molecule has 0 aliphatic heterocycles. The SMILES string of the molecule is COCC(O)CCn1cnc2cc(C(=O)O)ccc21. The molecule has 0 radical (unpaired) electrons. The van der Waals surface area contributed by atoms with Crippen LogP contribution in [0.15, 0.2) is 24.5 Å². The van der Waals surface area contributed by atoms with Crippen molar-refractivity contribution in [2.24, 2.45) is 0 Å². The predicted octanol–water partition coefficient (Wildman–Crippen LogP) is 1.13. The number of ether oxygens (including phenoxy) is 1. The van der Waals surface area contributed by atoms with Gasteiger partial charge in [0, 0.05) is 13.7 Å². The van der Waals surface area contributed by atoms with Gasteiger partial charge in [0.05, 0.1) is 35.6 Å². The predicted molar refractivity (Wildman–Crippen MR) is 69.2 cm³/mol. The molecule has 19 heavy (non-hydrogen) atoms. The maximum atomic E-state index is 10.9. The molecule has 2 N–H and O–H groups in total. The van der Waals surface area contributed by atoms with Gasteiger partial charge < -0.3 is 19.5 Å². The number of aliphatic hydroxyl groups is 1. The first-order valence-electron chi connectivity index (χ1n) is 5.97. The lowest BCUT2D eigenvalue weighted by Crippen LogP contribution is -2.16. The summed E-state index contributed by atoms with van der Waals surface area (Å²) in [5.74, 6) is -0.966. The molecule has 0 saturated carbocycles. The summed E-state index contributed by atoms with van der Waals surface area (Å²) in [5, 5.41) is 18.5. The van der Waals surface area contributed by atoms with Crippen LogP contribution in [0.2, 0.25) is 0 Å². The summed E-state index contributed by atoms with van der Waals surface area (Å²) in [6.45, 7) is 0.906. The summed E-state index contributed by atoms with van der Waals surface area (Å²) >= 11 is 0. The molecule has 0 amide bonds. The maximum Gasteiger partial charge on any atom is 0.335 e. The normalized spacial score (nSPS) is 12.7. The van der Waals surface area contributed by atoms with Gasteiger partial charge in [-0.25, -0.2) is 9.78 Å². The molecule has 0 aliphatic rings. The summed E-state index contributed by atoms with van der Waals surface area (Å²) in [7, 11) is 1.54. The van der Waals surface area contributed by atoms with Gasteiger partial charge in [-0.05, 0) is 24.6 Å². The van der Waals surface area contributed by atoms with E-state index < -0.39 is 12.1 Å². The Morgan fingerprint density at radius 3 is 3.00 bits per heavy atom. The minimum atomic E-state index is -0.966. The monoisotopic (exact) mass is 264 g/mol. The van der Waals surface area contributed by atoms with Crippen LogP contribution in [0.25, 0.3) is 11.0 Å². The number of rotatable bonds is 6. The van der Waals surface area contributed by atoms with E-state index in [2.05, 4.69) is 4.98 Å². The first-order chi connectivity index (χ1) is 9.11. The van der Waals surface area contributed by atoms with Gasteiger partial charge in [0.15, 0.2) is 0 Å². The zero-order valence-corrected chi connectivity index (χ0v) is 10.6. The summed E-state index contributed by atoms with van der Waals surface area (Å²) in [5.41, 5.74) is 1.72. The summed E-state index contributed by atoms with van der Waals surface area (Å²) in [6, 6.07) is 4.82. The van der Waals surface area contributed by atoms with Crippen molar-refractivity contribution in [3.8, 4) is 0 Å². The van der Waals surface area contributed by atoms with Crippen molar-refractivity contribution in [1.29, 1.82) is 0 Å². The molecule has 0 spiro atoms. The molecule has 1 atom stereocenters. The lowest BCUT2D eigenvalue weighted by Gasteiger charge is -2.10. The van der Waals surface area contributed by atoms with Gasteiger partial charge in [0.25, 0.3) is 0 Å². The van der Waals surface area contributed by atoms with Crippen LogP contribution < -0.4 is 0 Å². The second-order valence-corrected chi connectivity index (χ2v) is 4.34. The molecule has 6 heteroatoms. The van der Waals surface area contributed by atoms with Crippen LogP contribution in [-0.4, -0.2) is 45.6 Å². The van der Waals surface area contributed by atoms with Gasteiger partial charge in [-0.1, -0.05) is 0 Å². The van der Waals surface area contributed by atoms with Crippen LogP contribution in [0.1, 0.15) is 16.8 Å². The number of carboxylic acids is 1. The molecule has 102 valence electrons. The van der Waals surface area contributed by atoms with Crippen molar-refractivity contribution in [2.75, 3.05) is 13.7 Å². The average Bonchev–Trinajstić information content (AvgIpc) is 2.79. The highest BCUT2D eigenvalue weighted by atomic mass is 16.5. The smallest absolute Gasteiger partial charge is 0.335 e. The Kier molecular flexibility index (Phi) is 4.13. The molecule has 0 bridgehead atoms. The van der Waals surface area contributed by atoms with Crippen LogP contribution in [0, 0.1) is 0 Å². The average molecular weight is 264 g/mol. The number of carboxylic acid groups (broad SMARTS) is 1. The quantitative estimate of drug-likeness (QED) is 0.817. The number of methoxy groups -OCH3 is 1. The third kappa shape index (κ3) is 3.10. The number of carbonyl (C=O) groups is 1. The number of aryl methyl sites for hydroxylation is 1. The highest BCUT2D eigenvalue weighted by Crippen LogP contribution is 2.15. The lowest BCUT2D eigenvalue weighted by atomic mass is 10.2. The van der Waals surface area contributed by atoms with Crippen LogP contribution >= 0.6 is 0 Å². The highest BCUT2D eigenvalue weighted by molar-refractivity contribution is 5.92. The third-order valence-corrected chi connectivity index (χ3v) is 2.93.